The van der Waals surface area contributed by atoms with Gasteiger partial charge in [-0.25, -0.2) is 0 Å². The van der Waals surface area contributed by atoms with Gasteiger partial charge in [-0.05, 0) is 30.5 Å². The summed E-state index contributed by atoms with van der Waals surface area (Å²) in [6.07, 6.45) is 4.34. The van der Waals surface area contributed by atoms with E-state index in [-0.39, 0.29) is 12.3 Å². The third-order valence-electron chi connectivity index (χ3n) is 3.89. The van der Waals surface area contributed by atoms with Gasteiger partial charge in [0.25, 0.3) is 0 Å². The van der Waals surface area contributed by atoms with E-state index in [4.69, 9.17) is 11.6 Å². The fraction of sp³-hybridized carbons (Fsp3) is 0.500. The molecule has 2 N–H and O–H groups in total. The van der Waals surface area contributed by atoms with Crippen molar-refractivity contribution in [3.63, 3.8) is 0 Å². The van der Waals surface area contributed by atoms with Gasteiger partial charge in [0, 0.05) is 5.02 Å². The van der Waals surface area contributed by atoms with Gasteiger partial charge in [0.15, 0.2) is 0 Å². The molecule has 0 heterocycles. The largest absolute Gasteiger partial charge is 0.389 e. The van der Waals surface area contributed by atoms with E-state index in [1.807, 2.05) is 0 Å². The van der Waals surface area contributed by atoms with Crippen LogP contribution in [0, 0.1) is 11.3 Å². The summed E-state index contributed by atoms with van der Waals surface area (Å²) in [5.41, 5.74) is -0.273. The van der Waals surface area contributed by atoms with Crippen LogP contribution in [-0.4, -0.2) is 16.6 Å². The van der Waals surface area contributed by atoms with E-state index >= 15 is 0 Å². The van der Waals surface area contributed by atoms with Crippen molar-refractivity contribution in [2.45, 2.75) is 50.2 Å². The summed E-state index contributed by atoms with van der Waals surface area (Å²) in [5.74, 6) is -0.300. The van der Waals surface area contributed by atoms with Gasteiger partial charge < -0.3 is 10.4 Å². The molecule has 4 nitrogen and oxygen atoms in total. The second-order valence-corrected chi connectivity index (χ2v) is 6.08. The molecule has 0 spiro atoms. The molecular weight excluding hydrogens is 288 g/mol. The van der Waals surface area contributed by atoms with Gasteiger partial charge >= 0.3 is 0 Å². The van der Waals surface area contributed by atoms with Crippen LogP contribution >= 0.6 is 11.6 Å². The Kier molecular flexibility index (Phi) is 5.22. The second-order valence-electron chi connectivity index (χ2n) is 5.65. The Labute approximate surface area is 129 Å². The number of nitriles is 1. The number of nitrogens with zero attached hydrogens (tertiary/aromatic N) is 1. The second kappa shape index (κ2) is 6.93. The molecule has 5 heteroatoms. The minimum atomic E-state index is -0.920. The molecule has 1 saturated carbocycles. The van der Waals surface area contributed by atoms with Gasteiger partial charge in [-0.2, -0.15) is 5.26 Å². The highest BCUT2D eigenvalue weighted by molar-refractivity contribution is 6.30. The normalized spacial score (nSPS) is 18.5. The third-order valence-corrected chi connectivity index (χ3v) is 4.13. The van der Waals surface area contributed by atoms with Crippen LogP contribution in [-0.2, 0) is 4.79 Å². The fourth-order valence-corrected chi connectivity index (χ4v) is 2.97. The van der Waals surface area contributed by atoms with Crippen molar-refractivity contribution >= 4 is 17.5 Å². The molecule has 0 radical (unpaired) electrons. The molecule has 1 amide bonds. The summed E-state index contributed by atoms with van der Waals surface area (Å²) in [5, 5.41) is 22.8. The smallest absolute Gasteiger partial charge is 0.224 e. The lowest BCUT2D eigenvalue weighted by molar-refractivity contribution is -0.127. The Balaban J connectivity index is 1.98. The lowest BCUT2D eigenvalue weighted by Gasteiger charge is -2.31. The van der Waals surface area contributed by atoms with Gasteiger partial charge in [-0.3, -0.25) is 4.79 Å². The molecule has 0 saturated heterocycles. The molecule has 1 aliphatic carbocycles. The van der Waals surface area contributed by atoms with Crippen LogP contribution in [0.3, 0.4) is 0 Å². The molecule has 2 rings (SSSR count). The molecule has 112 valence electrons. The topological polar surface area (TPSA) is 73.1 Å². The van der Waals surface area contributed by atoms with Crippen molar-refractivity contribution in [3.05, 3.63) is 34.9 Å². The average molecular weight is 307 g/mol. The minimum Gasteiger partial charge on any atom is -0.389 e. The number of halogens is 1. The molecule has 1 atom stereocenters. The van der Waals surface area contributed by atoms with Crippen molar-refractivity contribution in [1.29, 1.82) is 5.26 Å². The predicted molar refractivity (Wildman–Crippen MR) is 80.6 cm³/mol. The summed E-state index contributed by atoms with van der Waals surface area (Å²) in [7, 11) is 0. The number of nitrogens with one attached hydrogen (secondary N) is 1. The van der Waals surface area contributed by atoms with Crippen LogP contribution in [0.15, 0.2) is 24.3 Å². The molecule has 1 fully saturated rings. The molecule has 0 aliphatic heterocycles. The number of carbonyl (C=O) groups is 1. The van der Waals surface area contributed by atoms with Crippen LogP contribution in [0.4, 0.5) is 0 Å². The highest BCUT2D eigenvalue weighted by Crippen LogP contribution is 2.31. The molecule has 0 aromatic heterocycles. The number of amides is 1. The maximum absolute atomic E-state index is 12.1. The van der Waals surface area contributed by atoms with Crippen molar-refractivity contribution in [1.82, 2.24) is 5.32 Å². The van der Waals surface area contributed by atoms with E-state index in [9.17, 15) is 15.2 Å². The van der Waals surface area contributed by atoms with Crippen molar-refractivity contribution in [2.24, 2.45) is 0 Å². The highest BCUT2D eigenvalue weighted by Gasteiger charge is 2.32. The van der Waals surface area contributed by atoms with Crippen LogP contribution in [0.5, 0.6) is 0 Å². The number of rotatable bonds is 4. The van der Waals surface area contributed by atoms with Crippen molar-refractivity contribution in [2.75, 3.05) is 0 Å². The van der Waals surface area contributed by atoms with Gasteiger partial charge in [0.2, 0.25) is 5.91 Å². The summed E-state index contributed by atoms with van der Waals surface area (Å²) in [6.45, 7) is 0. The van der Waals surface area contributed by atoms with E-state index in [1.165, 1.54) is 0 Å². The first kappa shape index (κ1) is 15.8. The molecule has 1 aliphatic rings. The summed E-state index contributed by atoms with van der Waals surface area (Å²) < 4.78 is 0. The molecule has 1 aromatic rings. The Morgan fingerprint density at radius 1 is 1.43 bits per heavy atom. The van der Waals surface area contributed by atoms with E-state index in [1.54, 1.807) is 24.3 Å². The van der Waals surface area contributed by atoms with Crippen molar-refractivity contribution in [3.8, 4) is 6.07 Å². The van der Waals surface area contributed by atoms with E-state index in [0.717, 1.165) is 19.3 Å². The fourth-order valence-electron chi connectivity index (χ4n) is 2.77. The Hall–Kier alpha value is -1.57. The van der Waals surface area contributed by atoms with Gasteiger partial charge in [0.05, 0.1) is 18.1 Å². The maximum atomic E-state index is 12.1. The van der Waals surface area contributed by atoms with Crippen LogP contribution in [0.25, 0.3) is 0 Å². The summed E-state index contributed by atoms with van der Waals surface area (Å²) in [6, 6.07) is 8.16. The zero-order chi connectivity index (χ0) is 15.3. The van der Waals surface area contributed by atoms with Gasteiger partial charge in [0.1, 0.15) is 6.04 Å². The summed E-state index contributed by atoms with van der Waals surface area (Å²) in [4.78, 5) is 12.1. The zero-order valence-corrected chi connectivity index (χ0v) is 12.6. The Bertz CT molecular complexity index is 547. The minimum absolute atomic E-state index is 0.0474. The van der Waals surface area contributed by atoms with E-state index in [0.29, 0.717) is 23.4 Å². The SMILES string of the molecule is N#CC(NC(=O)CC1(O)CCCCC1)c1cccc(Cl)c1. The monoisotopic (exact) mass is 306 g/mol. The highest BCUT2D eigenvalue weighted by atomic mass is 35.5. The number of benzene rings is 1. The Morgan fingerprint density at radius 3 is 2.76 bits per heavy atom. The van der Waals surface area contributed by atoms with Gasteiger partial charge in [-0.1, -0.05) is 43.0 Å². The Morgan fingerprint density at radius 2 is 2.14 bits per heavy atom. The van der Waals surface area contributed by atoms with E-state index in [2.05, 4.69) is 11.4 Å². The molecular formula is C16H19ClN2O2. The predicted octanol–water partition coefficient (Wildman–Crippen LogP) is 3.11. The quantitative estimate of drug-likeness (QED) is 0.897. The molecule has 1 unspecified atom stereocenters. The number of aliphatic hydroxyl groups is 1. The van der Waals surface area contributed by atoms with Crippen LogP contribution in [0.2, 0.25) is 5.02 Å². The van der Waals surface area contributed by atoms with E-state index < -0.39 is 11.6 Å². The van der Waals surface area contributed by atoms with Crippen LogP contribution < -0.4 is 5.32 Å². The molecule has 21 heavy (non-hydrogen) atoms. The number of carbonyl (C=O) groups excluding carboxylic acids is 1. The summed E-state index contributed by atoms with van der Waals surface area (Å²) >= 11 is 5.90. The molecule has 1 aromatic carbocycles. The van der Waals surface area contributed by atoms with Crippen molar-refractivity contribution < 1.29 is 9.90 Å². The average Bonchev–Trinajstić information content (AvgIpc) is 2.45. The van der Waals surface area contributed by atoms with Gasteiger partial charge in [-0.15, -0.1) is 0 Å². The maximum Gasteiger partial charge on any atom is 0.224 e. The first-order chi connectivity index (χ1) is 10.0. The van der Waals surface area contributed by atoms with Crippen LogP contribution in [0.1, 0.15) is 50.1 Å². The standard InChI is InChI=1S/C16H19ClN2O2/c17-13-6-4-5-12(9-13)14(11-18)19-15(20)10-16(21)7-2-1-3-8-16/h4-6,9,14,21H,1-3,7-8,10H2,(H,19,20). The zero-order valence-electron chi connectivity index (χ0n) is 11.8. The lowest BCUT2D eigenvalue weighted by atomic mass is 9.82. The first-order valence-electron chi connectivity index (χ1n) is 7.19. The first-order valence-corrected chi connectivity index (χ1v) is 7.57. The third kappa shape index (κ3) is 4.45. The number of hydrogen-bond donors (Lipinski definition) is 2. The molecule has 0 bridgehead atoms. The lowest BCUT2D eigenvalue weighted by Crippen LogP contribution is -2.39. The number of hydrogen-bond acceptors (Lipinski definition) is 3.